The lowest BCUT2D eigenvalue weighted by Crippen LogP contribution is -2.16. The summed E-state index contributed by atoms with van der Waals surface area (Å²) >= 11 is 0. The largest absolute Gasteiger partial charge is 0.481 e. The SMILES string of the molecule is Cc1cnoc1C(CN)CC(=O)O. The third-order valence-corrected chi connectivity index (χ3v) is 1.86. The van der Waals surface area contributed by atoms with Crippen molar-refractivity contribution < 1.29 is 14.4 Å². The Morgan fingerprint density at radius 1 is 1.85 bits per heavy atom. The second-order valence-corrected chi connectivity index (χ2v) is 2.90. The molecule has 0 aliphatic rings. The number of carboxylic acids is 1. The first kappa shape index (κ1) is 9.73. The second kappa shape index (κ2) is 4.04. The van der Waals surface area contributed by atoms with E-state index < -0.39 is 5.97 Å². The van der Waals surface area contributed by atoms with Crippen molar-refractivity contribution in [1.29, 1.82) is 0 Å². The summed E-state index contributed by atoms with van der Waals surface area (Å²) in [5.74, 6) is -0.587. The Morgan fingerprint density at radius 2 is 2.54 bits per heavy atom. The number of carbonyl (C=O) groups is 1. The number of nitrogens with zero attached hydrogens (tertiary/aromatic N) is 1. The highest BCUT2D eigenvalue weighted by molar-refractivity contribution is 5.68. The highest BCUT2D eigenvalue weighted by Crippen LogP contribution is 2.21. The van der Waals surface area contributed by atoms with Gasteiger partial charge in [-0.25, -0.2) is 0 Å². The zero-order valence-corrected chi connectivity index (χ0v) is 7.36. The van der Waals surface area contributed by atoms with Gasteiger partial charge >= 0.3 is 5.97 Å². The molecule has 5 heteroatoms. The van der Waals surface area contributed by atoms with Crippen LogP contribution in [0.3, 0.4) is 0 Å². The summed E-state index contributed by atoms with van der Waals surface area (Å²) in [6.45, 7) is 2.07. The Bertz CT molecular complexity index is 295. The molecule has 0 amide bonds. The van der Waals surface area contributed by atoms with Crippen LogP contribution in [0.15, 0.2) is 10.7 Å². The van der Waals surface area contributed by atoms with Gasteiger partial charge in [0.25, 0.3) is 0 Å². The molecule has 0 saturated heterocycles. The molecule has 13 heavy (non-hydrogen) atoms. The molecule has 72 valence electrons. The van der Waals surface area contributed by atoms with Gasteiger partial charge in [0.1, 0.15) is 5.76 Å². The Hall–Kier alpha value is -1.36. The molecule has 0 aliphatic carbocycles. The Balaban J connectivity index is 2.78. The van der Waals surface area contributed by atoms with Crippen LogP contribution < -0.4 is 5.73 Å². The number of aromatic nitrogens is 1. The fourth-order valence-electron chi connectivity index (χ4n) is 1.19. The summed E-state index contributed by atoms with van der Waals surface area (Å²) < 4.78 is 4.92. The third kappa shape index (κ3) is 2.29. The van der Waals surface area contributed by atoms with Crippen LogP contribution in [-0.4, -0.2) is 22.8 Å². The van der Waals surface area contributed by atoms with E-state index in [0.29, 0.717) is 5.76 Å². The van der Waals surface area contributed by atoms with E-state index in [0.717, 1.165) is 5.56 Å². The number of aryl methyl sites for hydroxylation is 1. The van der Waals surface area contributed by atoms with Crippen molar-refractivity contribution in [2.45, 2.75) is 19.3 Å². The minimum Gasteiger partial charge on any atom is -0.481 e. The van der Waals surface area contributed by atoms with Crippen molar-refractivity contribution in [2.24, 2.45) is 5.73 Å². The lowest BCUT2D eigenvalue weighted by molar-refractivity contribution is -0.137. The normalized spacial score (nSPS) is 12.8. The molecule has 0 fully saturated rings. The molecule has 0 spiro atoms. The number of aliphatic carboxylic acids is 1. The average Bonchev–Trinajstić information content (AvgIpc) is 2.47. The van der Waals surface area contributed by atoms with Crippen molar-refractivity contribution in [3.05, 3.63) is 17.5 Å². The highest BCUT2D eigenvalue weighted by atomic mass is 16.5. The molecule has 1 heterocycles. The molecule has 0 radical (unpaired) electrons. The van der Waals surface area contributed by atoms with Gasteiger partial charge in [0.2, 0.25) is 0 Å². The zero-order valence-electron chi connectivity index (χ0n) is 7.36. The number of carboxylic acid groups (broad SMARTS) is 1. The van der Waals surface area contributed by atoms with Crippen LogP contribution in [0.2, 0.25) is 0 Å². The van der Waals surface area contributed by atoms with Crippen molar-refractivity contribution in [3.63, 3.8) is 0 Å². The molecule has 5 nitrogen and oxygen atoms in total. The van der Waals surface area contributed by atoms with E-state index in [1.165, 1.54) is 0 Å². The number of hydrogen-bond acceptors (Lipinski definition) is 4. The standard InChI is InChI=1S/C8H12N2O3/c1-5-4-10-13-8(5)6(3-9)2-7(11)12/h4,6H,2-3,9H2,1H3,(H,11,12). The van der Waals surface area contributed by atoms with Crippen LogP contribution in [0.25, 0.3) is 0 Å². The summed E-state index contributed by atoms with van der Waals surface area (Å²) in [5, 5.41) is 12.2. The summed E-state index contributed by atoms with van der Waals surface area (Å²) in [5.41, 5.74) is 6.27. The molecule has 1 atom stereocenters. The molecule has 0 bridgehead atoms. The molecule has 3 N–H and O–H groups in total. The predicted molar refractivity (Wildman–Crippen MR) is 45.3 cm³/mol. The van der Waals surface area contributed by atoms with Gasteiger partial charge in [-0.15, -0.1) is 0 Å². The van der Waals surface area contributed by atoms with Crippen molar-refractivity contribution in [2.75, 3.05) is 6.54 Å². The van der Waals surface area contributed by atoms with Crippen LogP contribution in [0, 0.1) is 6.92 Å². The first-order chi connectivity index (χ1) is 6.15. The fraction of sp³-hybridized carbons (Fsp3) is 0.500. The monoisotopic (exact) mass is 184 g/mol. The molecule has 1 aromatic rings. The lowest BCUT2D eigenvalue weighted by atomic mass is 10.0. The number of hydrogen-bond donors (Lipinski definition) is 2. The van der Waals surface area contributed by atoms with Crippen molar-refractivity contribution >= 4 is 5.97 Å². The summed E-state index contributed by atoms with van der Waals surface area (Å²) in [6, 6.07) is 0. The van der Waals surface area contributed by atoms with Crippen LogP contribution >= 0.6 is 0 Å². The minimum absolute atomic E-state index is 0.0213. The lowest BCUT2D eigenvalue weighted by Gasteiger charge is -2.08. The molecular formula is C8H12N2O3. The molecule has 1 unspecified atom stereocenters. The number of rotatable bonds is 4. The van der Waals surface area contributed by atoms with E-state index in [4.69, 9.17) is 15.4 Å². The number of nitrogens with two attached hydrogens (primary N) is 1. The van der Waals surface area contributed by atoms with E-state index in [1.807, 2.05) is 6.92 Å². The van der Waals surface area contributed by atoms with E-state index in [-0.39, 0.29) is 18.9 Å². The Labute approximate surface area is 75.5 Å². The maximum absolute atomic E-state index is 10.5. The summed E-state index contributed by atoms with van der Waals surface area (Å²) in [7, 11) is 0. The molecule has 1 aromatic heterocycles. The van der Waals surface area contributed by atoms with Gasteiger partial charge in [-0.3, -0.25) is 4.79 Å². The predicted octanol–water partition coefficient (Wildman–Crippen LogP) is 0.500. The summed E-state index contributed by atoms with van der Waals surface area (Å²) in [6.07, 6.45) is 1.53. The molecule has 0 aliphatic heterocycles. The molecule has 0 aromatic carbocycles. The maximum atomic E-state index is 10.5. The van der Waals surface area contributed by atoms with E-state index >= 15 is 0 Å². The topological polar surface area (TPSA) is 89.4 Å². The fourth-order valence-corrected chi connectivity index (χ4v) is 1.19. The third-order valence-electron chi connectivity index (χ3n) is 1.86. The van der Waals surface area contributed by atoms with Gasteiger partial charge in [0, 0.05) is 18.0 Å². The van der Waals surface area contributed by atoms with Crippen LogP contribution in [-0.2, 0) is 4.79 Å². The van der Waals surface area contributed by atoms with Gasteiger partial charge < -0.3 is 15.4 Å². The van der Waals surface area contributed by atoms with Gasteiger partial charge in [0.05, 0.1) is 12.6 Å². The molecule has 1 rings (SSSR count). The van der Waals surface area contributed by atoms with Gasteiger partial charge in [-0.05, 0) is 6.92 Å². The first-order valence-electron chi connectivity index (χ1n) is 3.98. The zero-order chi connectivity index (χ0) is 9.84. The first-order valence-corrected chi connectivity index (χ1v) is 3.98. The van der Waals surface area contributed by atoms with Crippen molar-refractivity contribution in [3.8, 4) is 0 Å². The van der Waals surface area contributed by atoms with Gasteiger partial charge in [-0.2, -0.15) is 0 Å². The van der Waals surface area contributed by atoms with Crippen molar-refractivity contribution in [1.82, 2.24) is 5.16 Å². The van der Waals surface area contributed by atoms with E-state index in [2.05, 4.69) is 5.16 Å². The van der Waals surface area contributed by atoms with Gasteiger partial charge in [-0.1, -0.05) is 5.16 Å². The van der Waals surface area contributed by atoms with Gasteiger partial charge in [0.15, 0.2) is 0 Å². The second-order valence-electron chi connectivity index (χ2n) is 2.90. The average molecular weight is 184 g/mol. The van der Waals surface area contributed by atoms with E-state index in [1.54, 1.807) is 6.20 Å². The van der Waals surface area contributed by atoms with Crippen LogP contribution in [0.4, 0.5) is 0 Å². The Morgan fingerprint density at radius 3 is 2.92 bits per heavy atom. The van der Waals surface area contributed by atoms with Crippen LogP contribution in [0.1, 0.15) is 23.7 Å². The van der Waals surface area contributed by atoms with Crippen LogP contribution in [0.5, 0.6) is 0 Å². The molecular weight excluding hydrogens is 172 g/mol. The Kier molecular flexibility index (Phi) is 3.02. The van der Waals surface area contributed by atoms with E-state index in [9.17, 15) is 4.79 Å². The minimum atomic E-state index is -0.883. The summed E-state index contributed by atoms with van der Waals surface area (Å²) in [4.78, 5) is 10.5. The highest BCUT2D eigenvalue weighted by Gasteiger charge is 2.19. The smallest absolute Gasteiger partial charge is 0.304 e. The maximum Gasteiger partial charge on any atom is 0.304 e. The quantitative estimate of drug-likeness (QED) is 0.711. The molecule has 0 saturated carbocycles.